The summed E-state index contributed by atoms with van der Waals surface area (Å²) < 4.78 is 0. The molecule has 0 saturated heterocycles. The Hall–Kier alpha value is -1.50. The van der Waals surface area contributed by atoms with E-state index in [9.17, 15) is 0 Å². The topological polar surface area (TPSA) is 59.7 Å². The Morgan fingerprint density at radius 1 is 0.743 bits per heavy atom. The lowest BCUT2D eigenvalue weighted by molar-refractivity contribution is 0.306. The first-order valence-corrected chi connectivity index (χ1v) is 12.3. The van der Waals surface area contributed by atoms with Crippen LogP contribution in [0, 0.1) is 0 Å². The second kappa shape index (κ2) is 15.6. The highest BCUT2D eigenvalue weighted by Crippen LogP contribution is 2.34. The molecule has 1 aromatic heterocycles. The van der Waals surface area contributed by atoms with Gasteiger partial charge in [-0.15, -0.1) is 48.0 Å². The number of benzene rings is 3. The largest absolute Gasteiger partial charge is 0.412 e. The van der Waals surface area contributed by atoms with Gasteiger partial charge in [-0.05, 0) is 54.4 Å². The van der Waals surface area contributed by atoms with Crippen LogP contribution >= 0.6 is 59.6 Å². The highest BCUT2D eigenvalue weighted by Gasteiger charge is 2.11. The molecule has 0 bridgehead atoms. The van der Waals surface area contributed by atoms with Crippen molar-refractivity contribution in [3.05, 3.63) is 71.8 Å². The molecule has 0 saturated carbocycles. The van der Waals surface area contributed by atoms with Crippen molar-refractivity contribution in [1.82, 2.24) is 9.88 Å². The number of nitrogens with zero attached hydrogens (tertiary/aromatic N) is 2. The second-order valence-electron chi connectivity index (χ2n) is 7.75. The summed E-state index contributed by atoms with van der Waals surface area (Å²) in [4.78, 5) is 7.18. The molecular formula is C26H30Cl5N3O. The van der Waals surface area contributed by atoms with Gasteiger partial charge < -0.3 is 15.7 Å². The van der Waals surface area contributed by atoms with Crippen LogP contribution in [-0.2, 0) is 0 Å². The van der Waals surface area contributed by atoms with E-state index in [0.29, 0.717) is 16.8 Å². The number of alkyl halides is 2. The Labute approximate surface area is 234 Å². The van der Waals surface area contributed by atoms with Gasteiger partial charge in [0.1, 0.15) is 0 Å². The van der Waals surface area contributed by atoms with Crippen LogP contribution in [0.15, 0.2) is 66.7 Å². The predicted molar refractivity (Wildman–Crippen MR) is 159 cm³/mol. The van der Waals surface area contributed by atoms with Crippen LogP contribution in [0.1, 0.15) is 6.42 Å². The molecule has 0 spiro atoms. The highest BCUT2D eigenvalue weighted by molar-refractivity contribution is 6.31. The molecule has 4 aromatic rings. The zero-order valence-corrected chi connectivity index (χ0v) is 23.0. The van der Waals surface area contributed by atoms with Crippen LogP contribution in [0.25, 0.3) is 32.9 Å². The SMILES string of the molecule is Cl.Cl.ClCCN(CCCl)CCCNc1c2ccc(Cl)cc2nc2ccc(-c3ccccc3)cc12.O. The third kappa shape index (κ3) is 7.99. The monoisotopic (exact) mass is 575 g/mol. The fourth-order valence-corrected chi connectivity index (χ4v) is 4.65. The lowest BCUT2D eigenvalue weighted by Crippen LogP contribution is -2.30. The Morgan fingerprint density at radius 3 is 2.14 bits per heavy atom. The first-order valence-electron chi connectivity index (χ1n) is 10.9. The number of halogens is 5. The normalized spacial score (nSPS) is 10.5. The molecule has 4 nitrogen and oxygen atoms in total. The zero-order chi connectivity index (χ0) is 22.3. The van der Waals surface area contributed by atoms with Crippen molar-refractivity contribution in [2.24, 2.45) is 0 Å². The van der Waals surface area contributed by atoms with Crippen LogP contribution in [-0.4, -0.2) is 53.3 Å². The molecule has 3 aromatic carbocycles. The molecular weight excluding hydrogens is 548 g/mol. The maximum Gasteiger partial charge on any atom is 0.0745 e. The van der Waals surface area contributed by atoms with Gasteiger partial charge in [-0.25, -0.2) is 4.98 Å². The fourth-order valence-electron chi connectivity index (χ4n) is 4.01. The van der Waals surface area contributed by atoms with E-state index < -0.39 is 0 Å². The van der Waals surface area contributed by atoms with E-state index >= 15 is 0 Å². The van der Waals surface area contributed by atoms with E-state index in [-0.39, 0.29) is 30.3 Å². The molecule has 0 aliphatic heterocycles. The molecule has 0 amide bonds. The van der Waals surface area contributed by atoms with Gasteiger partial charge in [-0.1, -0.05) is 48.0 Å². The fraction of sp³-hybridized carbons (Fsp3) is 0.269. The first-order chi connectivity index (χ1) is 15.7. The third-order valence-corrected chi connectivity index (χ3v) is 6.17. The maximum atomic E-state index is 6.26. The van der Waals surface area contributed by atoms with Crippen molar-refractivity contribution in [1.29, 1.82) is 0 Å². The Kier molecular flexibility index (Phi) is 14.0. The van der Waals surface area contributed by atoms with E-state index in [1.54, 1.807) is 0 Å². The van der Waals surface area contributed by atoms with E-state index in [2.05, 4.69) is 58.7 Å². The number of fused-ring (bicyclic) bond motifs is 2. The van der Waals surface area contributed by atoms with Gasteiger partial charge in [0.25, 0.3) is 0 Å². The predicted octanol–water partition coefficient (Wildman–Crippen LogP) is 7.31. The lowest BCUT2D eigenvalue weighted by Gasteiger charge is -2.20. The molecule has 0 radical (unpaired) electrons. The van der Waals surface area contributed by atoms with Crippen molar-refractivity contribution in [3.8, 4) is 11.1 Å². The summed E-state index contributed by atoms with van der Waals surface area (Å²) in [6.07, 6.45) is 0.991. The van der Waals surface area contributed by atoms with E-state index in [1.165, 1.54) is 11.1 Å². The maximum absolute atomic E-state index is 6.26. The number of anilines is 1. The molecule has 0 aliphatic carbocycles. The lowest BCUT2D eigenvalue weighted by atomic mass is 10.0. The van der Waals surface area contributed by atoms with Crippen molar-refractivity contribution in [3.63, 3.8) is 0 Å². The minimum absolute atomic E-state index is 0. The van der Waals surface area contributed by atoms with Crippen molar-refractivity contribution in [2.75, 3.05) is 43.3 Å². The van der Waals surface area contributed by atoms with E-state index in [4.69, 9.17) is 39.8 Å². The summed E-state index contributed by atoms with van der Waals surface area (Å²) in [5, 5.41) is 6.57. The van der Waals surface area contributed by atoms with Gasteiger partial charge in [-0.2, -0.15) is 0 Å². The van der Waals surface area contributed by atoms with Gasteiger partial charge in [0, 0.05) is 47.2 Å². The number of nitrogens with one attached hydrogen (secondary N) is 1. The van der Waals surface area contributed by atoms with Crippen molar-refractivity contribution < 1.29 is 5.48 Å². The molecule has 9 heteroatoms. The first kappa shape index (κ1) is 31.5. The minimum atomic E-state index is 0. The Bertz CT molecular complexity index is 1190. The number of hydrogen-bond acceptors (Lipinski definition) is 3. The molecule has 0 fully saturated rings. The van der Waals surface area contributed by atoms with Crippen LogP contribution in [0.2, 0.25) is 5.02 Å². The molecule has 1 heterocycles. The van der Waals surface area contributed by atoms with Crippen LogP contribution in [0.5, 0.6) is 0 Å². The highest BCUT2D eigenvalue weighted by atomic mass is 35.5. The smallest absolute Gasteiger partial charge is 0.0745 e. The van der Waals surface area contributed by atoms with Crippen molar-refractivity contribution >= 4 is 87.1 Å². The summed E-state index contributed by atoms with van der Waals surface area (Å²) in [5.74, 6) is 1.24. The quantitative estimate of drug-likeness (QED) is 0.122. The molecule has 4 rings (SSSR count). The van der Waals surface area contributed by atoms with Crippen LogP contribution < -0.4 is 5.32 Å². The molecule has 0 unspecified atom stereocenters. The van der Waals surface area contributed by atoms with E-state index in [0.717, 1.165) is 60.1 Å². The Balaban J connectivity index is 0.00000204. The molecule has 35 heavy (non-hydrogen) atoms. The van der Waals surface area contributed by atoms with Crippen LogP contribution in [0.4, 0.5) is 5.69 Å². The molecule has 190 valence electrons. The van der Waals surface area contributed by atoms with Gasteiger partial charge in [-0.3, -0.25) is 0 Å². The number of rotatable bonds is 10. The van der Waals surface area contributed by atoms with Crippen LogP contribution in [0.3, 0.4) is 0 Å². The van der Waals surface area contributed by atoms with Gasteiger partial charge in [0.15, 0.2) is 0 Å². The summed E-state index contributed by atoms with van der Waals surface area (Å²) in [7, 11) is 0. The number of pyridine rings is 1. The number of aromatic nitrogens is 1. The van der Waals surface area contributed by atoms with Crippen molar-refractivity contribution in [2.45, 2.75) is 6.42 Å². The minimum Gasteiger partial charge on any atom is -0.412 e. The van der Waals surface area contributed by atoms with Gasteiger partial charge in [0.05, 0.1) is 16.7 Å². The second-order valence-corrected chi connectivity index (χ2v) is 8.94. The zero-order valence-electron chi connectivity index (χ0n) is 19.1. The average Bonchev–Trinajstić information content (AvgIpc) is 2.81. The summed E-state index contributed by atoms with van der Waals surface area (Å²) >= 11 is 18.1. The molecule has 3 N–H and O–H groups in total. The van der Waals surface area contributed by atoms with Gasteiger partial charge in [0.2, 0.25) is 0 Å². The average molecular weight is 578 g/mol. The Morgan fingerprint density at radius 2 is 1.46 bits per heavy atom. The standard InChI is InChI=1S/C26H26Cl3N3.2ClH.H2O/c27-11-15-32(16-12-28)14-4-13-30-26-22-9-8-21(29)18-25(22)31-24-10-7-20(17-23(24)26)19-5-2-1-3-6-19;;;/h1-3,5-10,17-18H,4,11-16H2,(H,30,31);2*1H;1H2. The summed E-state index contributed by atoms with van der Waals surface area (Å²) in [5.41, 5.74) is 5.31. The number of hydrogen-bond donors (Lipinski definition) is 1. The molecule has 0 aliphatic rings. The third-order valence-electron chi connectivity index (χ3n) is 5.60. The molecule has 0 atom stereocenters. The summed E-state index contributed by atoms with van der Waals surface area (Å²) in [6.45, 7) is 3.50. The van der Waals surface area contributed by atoms with Gasteiger partial charge >= 0.3 is 0 Å². The van der Waals surface area contributed by atoms with E-state index in [1.807, 2.05) is 18.2 Å². The summed E-state index contributed by atoms with van der Waals surface area (Å²) in [6, 6.07) is 22.8.